The van der Waals surface area contributed by atoms with E-state index in [0.29, 0.717) is 0 Å². The van der Waals surface area contributed by atoms with Crippen LogP contribution in [0.5, 0.6) is 0 Å². The van der Waals surface area contributed by atoms with E-state index in [4.69, 9.17) is 0 Å². The minimum atomic E-state index is 0.835. The lowest BCUT2D eigenvalue weighted by atomic mass is 10.4. The van der Waals surface area contributed by atoms with Crippen molar-refractivity contribution in [1.29, 1.82) is 0 Å². The SMILES string of the molecule is CCn1cncc1CNCCc1ncn[nH]1. The summed E-state index contributed by atoms with van der Waals surface area (Å²) in [5.74, 6) is 0.913. The molecule has 0 bridgehead atoms. The molecule has 6 heteroatoms. The van der Waals surface area contributed by atoms with Crippen molar-refractivity contribution in [3.8, 4) is 0 Å². The molecule has 0 unspecified atom stereocenters. The molecule has 0 aliphatic carbocycles. The molecule has 2 rings (SSSR count). The molecule has 0 radical (unpaired) electrons. The van der Waals surface area contributed by atoms with Gasteiger partial charge < -0.3 is 9.88 Å². The van der Waals surface area contributed by atoms with Crippen LogP contribution in [0.2, 0.25) is 0 Å². The van der Waals surface area contributed by atoms with Gasteiger partial charge in [0, 0.05) is 32.3 Å². The molecule has 2 aromatic rings. The van der Waals surface area contributed by atoms with Crippen molar-refractivity contribution >= 4 is 0 Å². The van der Waals surface area contributed by atoms with Crippen molar-refractivity contribution in [2.45, 2.75) is 26.4 Å². The second-order valence-electron chi connectivity index (χ2n) is 3.53. The summed E-state index contributed by atoms with van der Waals surface area (Å²) in [6, 6.07) is 0. The molecule has 0 fully saturated rings. The Morgan fingerprint density at radius 3 is 3.19 bits per heavy atom. The van der Waals surface area contributed by atoms with Crippen molar-refractivity contribution in [2.24, 2.45) is 0 Å². The van der Waals surface area contributed by atoms with Crippen LogP contribution < -0.4 is 5.32 Å². The van der Waals surface area contributed by atoms with E-state index in [1.165, 1.54) is 12.0 Å². The van der Waals surface area contributed by atoms with Crippen molar-refractivity contribution in [3.63, 3.8) is 0 Å². The number of aryl methyl sites for hydroxylation is 1. The predicted octanol–water partition coefficient (Wildman–Crippen LogP) is 0.353. The van der Waals surface area contributed by atoms with Crippen molar-refractivity contribution in [1.82, 2.24) is 30.0 Å². The van der Waals surface area contributed by atoms with E-state index in [1.807, 2.05) is 12.5 Å². The van der Waals surface area contributed by atoms with E-state index in [9.17, 15) is 0 Å². The average Bonchev–Trinajstić information content (AvgIpc) is 2.95. The number of nitrogens with one attached hydrogen (secondary N) is 2. The first kappa shape index (κ1) is 10.8. The molecule has 0 saturated heterocycles. The first-order valence-electron chi connectivity index (χ1n) is 5.44. The van der Waals surface area contributed by atoms with Crippen LogP contribution in [-0.2, 0) is 19.5 Å². The summed E-state index contributed by atoms with van der Waals surface area (Å²) in [6.07, 6.45) is 6.14. The fourth-order valence-corrected chi connectivity index (χ4v) is 1.55. The first-order chi connectivity index (χ1) is 7.90. The standard InChI is InChI=1S/C10H16N6/c1-2-16-8-12-6-9(16)5-11-4-3-10-13-7-14-15-10/h6-8,11H,2-5H2,1H3,(H,13,14,15). The summed E-state index contributed by atoms with van der Waals surface area (Å²) in [5.41, 5.74) is 1.21. The van der Waals surface area contributed by atoms with Crippen LogP contribution in [0.25, 0.3) is 0 Å². The number of nitrogens with zero attached hydrogens (tertiary/aromatic N) is 4. The maximum Gasteiger partial charge on any atom is 0.137 e. The molecule has 0 spiro atoms. The van der Waals surface area contributed by atoms with Gasteiger partial charge in [-0.25, -0.2) is 9.97 Å². The highest BCUT2D eigenvalue weighted by Crippen LogP contribution is 1.98. The fraction of sp³-hybridized carbons (Fsp3) is 0.500. The Balaban J connectivity index is 1.72. The monoisotopic (exact) mass is 220 g/mol. The number of aromatic nitrogens is 5. The fourth-order valence-electron chi connectivity index (χ4n) is 1.55. The molecule has 2 aromatic heterocycles. The lowest BCUT2D eigenvalue weighted by molar-refractivity contribution is 0.621. The van der Waals surface area contributed by atoms with Crippen LogP contribution in [0.1, 0.15) is 18.4 Å². The topological polar surface area (TPSA) is 71.4 Å². The molecule has 2 N–H and O–H groups in total. The maximum atomic E-state index is 4.12. The molecule has 0 atom stereocenters. The molecule has 6 nitrogen and oxygen atoms in total. The highest BCUT2D eigenvalue weighted by Gasteiger charge is 2.00. The number of H-pyrrole nitrogens is 1. The van der Waals surface area contributed by atoms with Crippen molar-refractivity contribution in [3.05, 3.63) is 30.4 Å². The molecule has 0 aliphatic rings. The quantitative estimate of drug-likeness (QED) is 0.689. The predicted molar refractivity (Wildman–Crippen MR) is 59.7 cm³/mol. The average molecular weight is 220 g/mol. The Labute approximate surface area is 94.1 Å². The second kappa shape index (κ2) is 5.41. The molecule has 0 amide bonds. The van der Waals surface area contributed by atoms with Crippen LogP contribution in [-0.4, -0.2) is 31.3 Å². The van der Waals surface area contributed by atoms with Gasteiger partial charge in [0.15, 0.2) is 0 Å². The van der Waals surface area contributed by atoms with Gasteiger partial charge in [-0.15, -0.1) is 0 Å². The minimum Gasteiger partial charge on any atom is -0.334 e. The summed E-state index contributed by atoms with van der Waals surface area (Å²) in [7, 11) is 0. The molecule has 0 aliphatic heterocycles. The van der Waals surface area contributed by atoms with Gasteiger partial charge in [-0.05, 0) is 6.92 Å². The lowest BCUT2D eigenvalue weighted by Crippen LogP contribution is -2.19. The zero-order chi connectivity index (χ0) is 11.2. The van der Waals surface area contributed by atoms with Gasteiger partial charge in [0.25, 0.3) is 0 Å². The number of hydrogen-bond donors (Lipinski definition) is 2. The number of rotatable bonds is 6. The van der Waals surface area contributed by atoms with Crippen molar-refractivity contribution < 1.29 is 0 Å². The van der Waals surface area contributed by atoms with Crippen LogP contribution in [0.3, 0.4) is 0 Å². The summed E-state index contributed by atoms with van der Waals surface area (Å²) >= 11 is 0. The summed E-state index contributed by atoms with van der Waals surface area (Å²) in [4.78, 5) is 8.18. The van der Waals surface area contributed by atoms with E-state index in [2.05, 4.69) is 37.0 Å². The molecule has 0 saturated carbocycles. The Bertz CT molecular complexity index is 405. The molecule has 16 heavy (non-hydrogen) atoms. The third-order valence-corrected chi connectivity index (χ3v) is 2.45. The normalized spacial score (nSPS) is 10.8. The summed E-state index contributed by atoms with van der Waals surface area (Å²) in [5, 5.41) is 9.99. The van der Waals surface area contributed by atoms with Gasteiger partial charge >= 0.3 is 0 Å². The van der Waals surface area contributed by atoms with Crippen LogP contribution >= 0.6 is 0 Å². The maximum absolute atomic E-state index is 4.12. The molecular weight excluding hydrogens is 204 g/mol. The highest BCUT2D eigenvalue weighted by atomic mass is 15.2. The van der Waals surface area contributed by atoms with E-state index in [-0.39, 0.29) is 0 Å². The van der Waals surface area contributed by atoms with Crippen LogP contribution in [0.4, 0.5) is 0 Å². The van der Waals surface area contributed by atoms with Gasteiger partial charge in [-0.1, -0.05) is 0 Å². The van der Waals surface area contributed by atoms with Gasteiger partial charge in [-0.3, -0.25) is 5.10 Å². The Morgan fingerprint density at radius 1 is 1.50 bits per heavy atom. The van der Waals surface area contributed by atoms with Gasteiger partial charge in [0.1, 0.15) is 12.2 Å². The Hall–Kier alpha value is -1.69. The largest absolute Gasteiger partial charge is 0.334 e. The molecule has 86 valence electrons. The first-order valence-corrected chi connectivity index (χ1v) is 5.44. The molecule has 2 heterocycles. The lowest BCUT2D eigenvalue weighted by Gasteiger charge is -2.05. The summed E-state index contributed by atoms with van der Waals surface area (Å²) < 4.78 is 2.13. The van der Waals surface area contributed by atoms with Gasteiger partial charge in [-0.2, -0.15) is 5.10 Å². The van der Waals surface area contributed by atoms with Crippen LogP contribution in [0.15, 0.2) is 18.9 Å². The smallest absolute Gasteiger partial charge is 0.137 e. The molecular formula is C10H16N6. The third-order valence-electron chi connectivity index (χ3n) is 2.45. The van der Waals surface area contributed by atoms with E-state index < -0.39 is 0 Å². The van der Waals surface area contributed by atoms with Crippen molar-refractivity contribution in [2.75, 3.05) is 6.54 Å². The van der Waals surface area contributed by atoms with E-state index in [1.54, 1.807) is 0 Å². The van der Waals surface area contributed by atoms with Gasteiger partial charge in [0.2, 0.25) is 0 Å². The Morgan fingerprint density at radius 2 is 2.44 bits per heavy atom. The Kier molecular flexibility index (Phi) is 3.66. The third kappa shape index (κ3) is 2.66. The van der Waals surface area contributed by atoms with E-state index >= 15 is 0 Å². The number of imidazole rings is 1. The minimum absolute atomic E-state index is 0.835. The zero-order valence-corrected chi connectivity index (χ0v) is 9.35. The van der Waals surface area contributed by atoms with Crippen LogP contribution in [0, 0.1) is 0 Å². The number of hydrogen-bond acceptors (Lipinski definition) is 4. The summed E-state index contributed by atoms with van der Waals surface area (Å²) in [6.45, 7) is 4.78. The molecule has 0 aromatic carbocycles. The van der Waals surface area contributed by atoms with Gasteiger partial charge in [0.05, 0.1) is 12.0 Å². The second-order valence-corrected chi connectivity index (χ2v) is 3.53. The highest BCUT2D eigenvalue weighted by molar-refractivity contribution is 4.97. The zero-order valence-electron chi connectivity index (χ0n) is 9.35. The number of aromatic amines is 1. The van der Waals surface area contributed by atoms with E-state index in [0.717, 1.165) is 31.9 Å².